The Bertz CT molecular complexity index is 109. The second-order valence-electron chi connectivity index (χ2n) is 1.41. The zero-order chi connectivity index (χ0) is 6.57. The van der Waals surface area contributed by atoms with E-state index < -0.39 is 0 Å². The number of hydrogen-bond acceptors (Lipinski definition) is 3. The Morgan fingerprint density at radius 2 is 2.38 bits per heavy atom. The highest BCUT2D eigenvalue weighted by Gasteiger charge is 1.97. The minimum absolute atomic E-state index is 0.108. The van der Waals surface area contributed by atoms with E-state index in [1.807, 2.05) is 0 Å². The third-order valence-corrected chi connectivity index (χ3v) is 0.599. The zero-order valence-corrected chi connectivity index (χ0v) is 4.81. The molecule has 0 radical (unpaired) electrons. The summed E-state index contributed by atoms with van der Waals surface area (Å²) in [4.78, 5) is 10.3. The molecule has 0 spiro atoms. The second kappa shape index (κ2) is 3.07. The fraction of sp³-hybridized carbons (Fsp3) is 0.400. The van der Waals surface area contributed by atoms with Crippen LogP contribution in [0.3, 0.4) is 0 Å². The first kappa shape index (κ1) is 7.01. The minimum Gasteiger partial charge on any atom is -0.469 e. The third kappa shape index (κ3) is 3.21. The van der Waals surface area contributed by atoms with Crippen LogP contribution < -0.4 is 5.73 Å². The molecule has 3 heteroatoms. The van der Waals surface area contributed by atoms with Gasteiger partial charge >= 0.3 is 5.97 Å². The van der Waals surface area contributed by atoms with Crippen molar-refractivity contribution < 1.29 is 9.53 Å². The molecule has 2 N–H and O–H groups in total. The van der Waals surface area contributed by atoms with Crippen molar-refractivity contribution in [1.29, 1.82) is 0 Å². The summed E-state index contributed by atoms with van der Waals surface area (Å²) in [5.41, 5.74) is 5.40. The lowest BCUT2D eigenvalue weighted by Gasteiger charge is -1.94. The van der Waals surface area contributed by atoms with Crippen LogP contribution in [0.25, 0.3) is 0 Å². The van der Waals surface area contributed by atoms with Gasteiger partial charge in [-0.15, -0.1) is 0 Å². The number of carbonyl (C=O) groups is 1. The quantitative estimate of drug-likeness (QED) is 0.516. The fourth-order valence-electron chi connectivity index (χ4n) is 0.258. The molecule has 0 amide bonds. The van der Waals surface area contributed by atoms with Crippen LogP contribution >= 0.6 is 0 Å². The van der Waals surface area contributed by atoms with Gasteiger partial charge in [-0.25, -0.2) is 0 Å². The van der Waals surface area contributed by atoms with E-state index in [0.29, 0.717) is 5.70 Å². The first-order valence-electron chi connectivity index (χ1n) is 2.17. The maximum Gasteiger partial charge on any atom is 0.311 e. The van der Waals surface area contributed by atoms with Gasteiger partial charge in [0.15, 0.2) is 0 Å². The van der Waals surface area contributed by atoms with Crippen LogP contribution in [0.1, 0.15) is 6.42 Å². The molecule has 0 aliphatic carbocycles. The third-order valence-electron chi connectivity index (χ3n) is 0.599. The molecular weight excluding hydrogens is 106 g/mol. The van der Waals surface area contributed by atoms with Crippen molar-refractivity contribution in [3.05, 3.63) is 12.3 Å². The van der Waals surface area contributed by atoms with Gasteiger partial charge in [0.2, 0.25) is 0 Å². The highest BCUT2D eigenvalue weighted by molar-refractivity contribution is 5.71. The maximum atomic E-state index is 10.3. The van der Waals surface area contributed by atoms with E-state index in [0.717, 1.165) is 0 Å². The van der Waals surface area contributed by atoms with E-state index in [-0.39, 0.29) is 12.4 Å². The van der Waals surface area contributed by atoms with E-state index in [4.69, 9.17) is 5.73 Å². The molecule has 0 rings (SSSR count). The molecule has 3 nitrogen and oxygen atoms in total. The van der Waals surface area contributed by atoms with Crippen molar-refractivity contribution in [3.8, 4) is 0 Å². The predicted octanol–water partition coefficient (Wildman–Crippen LogP) is 0.0219. The van der Waals surface area contributed by atoms with Gasteiger partial charge in [-0.05, 0) is 0 Å². The van der Waals surface area contributed by atoms with Crippen molar-refractivity contribution in [3.63, 3.8) is 0 Å². The largest absolute Gasteiger partial charge is 0.469 e. The molecule has 0 aliphatic rings. The SMILES string of the molecule is C=C(N)CC(=O)OC. The van der Waals surface area contributed by atoms with Crippen molar-refractivity contribution >= 4 is 5.97 Å². The van der Waals surface area contributed by atoms with Gasteiger partial charge in [0.25, 0.3) is 0 Å². The Hall–Kier alpha value is -0.990. The van der Waals surface area contributed by atoms with Crippen LogP contribution in [-0.4, -0.2) is 13.1 Å². The molecule has 0 unspecified atom stereocenters. The molecule has 0 aromatic rings. The summed E-state index contributed by atoms with van der Waals surface area (Å²) in [5.74, 6) is -0.350. The average Bonchev–Trinajstić information content (AvgIpc) is 1.65. The topological polar surface area (TPSA) is 52.3 Å². The number of rotatable bonds is 2. The lowest BCUT2D eigenvalue weighted by molar-refractivity contribution is -0.139. The first-order chi connectivity index (χ1) is 3.66. The highest BCUT2D eigenvalue weighted by atomic mass is 16.5. The molecule has 8 heavy (non-hydrogen) atoms. The smallest absolute Gasteiger partial charge is 0.311 e. The van der Waals surface area contributed by atoms with Gasteiger partial charge in [0.05, 0.1) is 13.5 Å². The van der Waals surface area contributed by atoms with Crippen LogP contribution in [0.4, 0.5) is 0 Å². The average molecular weight is 115 g/mol. The van der Waals surface area contributed by atoms with E-state index in [1.54, 1.807) is 0 Å². The Kier molecular flexibility index (Phi) is 2.69. The monoisotopic (exact) mass is 115 g/mol. The summed E-state index contributed by atoms with van der Waals surface area (Å²) in [6.45, 7) is 3.32. The van der Waals surface area contributed by atoms with Crippen LogP contribution in [0.5, 0.6) is 0 Å². The number of ether oxygens (including phenoxy) is 1. The predicted molar refractivity (Wildman–Crippen MR) is 30.0 cm³/mol. The van der Waals surface area contributed by atoms with Gasteiger partial charge in [-0.1, -0.05) is 6.58 Å². The van der Waals surface area contributed by atoms with Crippen LogP contribution in [0.2, 0.25) is 0 Å². The van der Waals surface area contributed by atoms with Gasteiger partial charge in [0.1, 0.15) is 0 Å². The van der Waals surface area contributed by atoms with Gasteiger partial charge in [-0.3, -0.25) is 4.79 Å². The molecule has 0 aromatic heterocycles. The Morgan fingerprint density at radius 1 is 1.88 bits per heavy atom. The summed E-state index contributed by atoms with van der Waals surface area (Å²) in [5, 5.41) is 0. The van der Waals surface area contributed by atoms with Crippen LogP contribution in [-0.2, 0) is 9.53 Å². The molecule has 0 fully saturated rings. The Balaban J connectivity index is 3.40. The molecule has 46 valence electrons. The summed E-state index contributed by atoms with van der Waals surface area (Å²) in [7, 11) is 1.31. The summed E-state index contributed by atoms with van der Waals surface area (Å²) < 4.78 is 4.28. The molecule has 0 aromatic carbocycles. The van der Waals surface area contributed by atoms with Crippen LogP contribution in [0, 0.1) is 0 Å². The lowest BCUT2D eigenvalue weighted by Crippen LogP contribution is -2.05. The van der Waals surface area contributed by atoms with Crippen molar-refractivity contribution in [2.24, 2.45) is 5.73 Å². The molecule has 0 aliphatic heterocycles. The Morgan fingerprint density at radius 3 is 2.50 bits per heavy atom. The zero-order valence-electron chi connectivity index (χ0n) is 4.81. The van der Waals surface area contributed by atoms with E-state index in [2.05, 4.69) is 11.3 Å². The molecule has 0 saturated heterocycles. The lowest BCUT2D eigenvalue weighted by atomic mass is 10.4. The van der Waals surface area contributed by atoms with Crippen molar-refractivity contribution in [1.82, 2.24) is 0 Å². The maximum absolute atomic E-state index is 10.3. The minimum atomic E-state index is -0.350. The van der Waals surface area contributed by atoms with Gasteiger partial charge in [-0.2, -0.15) is 0 Å². The van der Waals surface area contributed by atoms with E-state index in [9.17, 15) is 4.79 Å². The summed E-state index contributed by atoms with van der Waals surface area (Å²) in [6, 6.07) is 0. The normalized spacial score (nSPS) is 8.12. The number of nitrogens with two attached hydrogens (primary N) is 1. The van der Waals surface area contributed by atoms with Crippen LogP contribution in [0.15, 0.2) is 12.3 Å². The van der Waals surface area contributed by atoms with E-state index >= 15 is 0 Å². The standard InChI is InChI=1S/C5H9NO2/c1-4(6)3-5(7)8-2/h1,3,6H2,2H3. The Labute approximate surface area is 48.1 Å². The van der Waals surface area contributed by atoms with Gasteiger partial charge < -0.3 is 10.5 Å². The molecule has 0 bridgehead atoms. The van der Waals surface area contributed by atoms with Crippen molar-refractivity contribution in [2.45, 2.75) is 6.42 Å². The number of methoxy groups -OCH3 is 1. The molecule has 0 heterocycles. The molecule has 0 saturated carbocycles. The first-order valence-corrected chi connectivity index (χ1v) is 2.17. The molecule has 0 atom stereocenters. The number of esters is 1. The summed E-state index contributed by atoms with van der Waals surface area (Å²) in [6.07, 6.45) is 0.108. The fourth-order valence-corrected chi connectivity index (χ4v) is 0.258. The number of hydrogen-bond donors (Lipinski definition) is 1. The summed E-state index contributed by atoms with van der Waals surface area (Å²) >= 11 is 0. The van der Waals surface area contributed by atoms with E-state index in [1.165, 1.54) is 7.11 Å². The second-order valence-corrected chi connectivity index (χ2v) is 1.41. The molecular formula is C5H9NO2. The number of carbonyl (C=O) groups excluding carboxylic acids is 1. The highest BCUT2D eigenvalue weighted by Crippen LogP contribution is 1.88. The van der Waals surface area contributed by atoms with Crippen molar-refractivity contribution in [2.75, 3.05) is 7.11 Å². The van der Waals surface area contributed by atoms with Gasteiger partial charge in [0, 0.05) is 5.70 Å².